The van der Waals surface area contributed by atoms with Gasteiger partial charge in [-0.05, 0) is 6.92 Å². The predicted molar refractivity (Wildman–Crippen MR) is 27.7 cm³/mol. The predicted octanol–water partition coefficient (Wildman–Crippen LogP) is 0.443. The Morgan fingerprint density at radius 2 is 2.00 bits per heavy atom. The van der Waals surface area contributed by atoms with Gasteiger partial charge in [-0.1, -0.05) is 0 Å². The standard InChI is InChI=1S/C4H9F3N2/c1-3(9-2-8)4(5,6)7/h3,9H,2,8H2,1H3/t3-/m1/s1. The van der Waals surface area contributed by atoms with Crippen molar-refractivity contribution in [2.45, 2.75) is 19.1 Å². The van der Waals surface area contributed by atoms with Crippen LogP contribution in [0.25, 0.3) is 0 Å². The Morgan fingerprint density at radius 3 is 2.11 bits per heavy atom. The molecule has 0 heterocycles. The van der Waals surface area contributed by atoms with E-state index in [1.807, 2.05) is 5.32 Å². The van der Waals surface area contributed by atoms with Crippen LogP contribution in [0.5, 0.6) is 0 Å². The van der Waals surface area contributed by atoms with Crippen molar-refractivity contribution < 1.29 is 13.2 Å². The van der Waals surface area contributed by atoms with Crippen molar-refractivity contribution in [3.63, 3.8) is 0 Å². The number of nitrogens with one attached hydrogen (secondary N) is 1. The summed E-state index contributed by atoms with van der Waals surface area (Å²) in [5.41, 5.74) is 4.81. The van der Waals surface area contributed by atoms with Crippen LogP contribution >= 0.6 is 0 Å². The van der Waals surface area contributed by atoms with E-state index in [2.05, 4.69) is 0 Å². The van der Waals surface area contributed by atoms with Gasteiger partial charge in [0.15, 0.2) is 0 Å². The van der Waals surface area contributed by atoms with E-state index in [0.717, 1.165) is 6.92 Å². The maximum atomic E-state index is 11.5. The second-order valence-corrected chi connectivity index (χ2v) is 1.67. The van der Waals surface area contributed by atoms with Gasteiger partial charge in [0.1, 0.15) is 6.04 Å². The van der Waals surface area contributed by atoms with Gasteiger partial charge >= 0.3 is 6.18 Å². The Bertz CT molecular complexity index is 80.4. The first-order valence-electron chi connectivity index (χ1n) is 2.48. The zero-order valence-electron chi connectivity index (χ0n) is 5.00. The number of nitrogens with two attached hydrogens (primary N) is 1. The summed E-state index contributed by atoms with van der Waals surface area (Å²) in [6.45, 7) is 0.869. The molecular weight excluding hydrogens is 133 g/mol. The summed E-state index contributed by atoms with van der Waals surface area (Å²) in [6, 6.07) is -1.51. The summed E-state index contributed by atoms with van der Waals surface area (Å²) in [5.74, 6) is 0. The normalized spacial score (nSPS) is 15.7. The Morgan fingerprint density at radius 1 is 1.56 bits per heavy atom. The summed E-state index contributed by atoms with van der Waals surface area (Å²) in [5, 5.41) is 2.04. The second kappa shape index (κ2) is 3.03. The van der Waals surface area contributed by atoms with Crippen molar-refractivity contribution in [2.24, 2.45) is 5.73 Å². The van der Waals surface area contributed by atoms with Crippen LogP contribution in [0.3, 0.4) is 0 Å². The SMILES string of the molecule is C[C@@H](NCN)C(F)(F)F. The Labute approximate surface area is 51.2 Å². The molecule has 0 aromatic rings. The van der Waals surface area contributed by atoms with E-state index < -0.39 is 12.2 Å². The van der Waals surface area contributed by atoms with E-state index >= 15 is 0 Å². The second-order valence-electron chi connectivity index (χ2n) is 1.67. The average molecular weight is 142 g/mol. The van der Waals surface area contributed by atoms with E-state index in [-0.39, 0.29) is 6.67 Å². The van der Waals surface area contributed by atoms with E-state index in [9.17, 15) is 13.2 Å². The van der Waals surface area contributed by atoms with E-state index in [1.165, 1.54) is 0 Å². The summed E-state index contributed by atoms with van der Waals surface area (Å²) >= 11 is 0. The Balaban J connectivity index is 3.59. The van der Waals surface area contributed by atoms with Gasteiger partial charge in [0.05, 0.1) is 0 Å². The molecule has 3 N–H and O–H groups in total. The molecule has 0 bridgehead atoms. The van der Waals surface area contributed by atoms with Crippen molar-refractivity contribution in [2.75, 3.05) is 6.67 Å². The van der Waals surface area contributed by atoms with Gasteiger partial charge in [-0.15, -0.1) is 0 Å². The first-order chi connectivity index (χ1) is 3.98. The molecule has 0 radical (unpaired) electrons. The smallest absolute Gasteiger partial charge is 0.318 e. The number of halogens is 3. The molecule has 0 saturated carbocycles. The van der Waals surface area contributed by atoms with Crippen molar-refractivity contribution in [3.8, 4) is 0 Å². The molecule has 0 fully saturated rings. The van der Waals surface area contributed by atoms with Crippen LogP contribution in [0.1, 0.15) is 6.92 Å². The third-order valence-electron chi connectivity index (χ3n) is 0.915. The van der Waals surface area contributed by atoms with Crippen LogP contribution in [0.4, 0.5) is 13.2 Å². The maximum absolute atomic E-state index is 11.5. The van der Waals surface area contributed by atoms with Crippen molar-refractivity contribution in [3.05, 3.63) is 0 Å². The molecule has 0 saturated heterocycles. The first kappa shape index (κ1) is 8.71. The minimum atomic E-state index is -4.18. The van der Waals surface area contributed by atoms with Gasteiger partial charge in [-0.25, -0.2) is 0 Å². The summed E-state index contributed by atoms with van der Waals surface area (Å²) in [6.07, 6.45) is -4.18. The van der Waals surface area contributed by atoms with Crippen molar-refractivity contribution in [1.29, 1.82) is 0 Å². The molecule has 0 unspecified atom stereocenters. The van der Waals surface area contributed by atoms with E-state index in [0.29, 0.717) is 0 Å². The first-order valence-corrected chi connectivity index (χ1v) is 2.48. The third kappa shape index (κ3) is 3.31. The van der Waals surface area contributed by atoms with Gasteiger partial charge < -0.3 is 5.73 Å². The van der Waals surface area contributed by atoms with Crippen molar-refractivity contribution in [1.82, 2.24) is 5.32 Å². The molecule has 56 valence electrons. The molecule has 0 spiro atoms. The minimum absolute atomic E-state index is 0.152. The molecule has 0 aliphatic rings. The monoisotopic (exact) mass is 142 g/mol. The topological polar surface area (TPSA) is 38.0 Å². The quantitative estimate of drug-likeness (QED) is 0.549. The number of hydrogen-bond donors (Lipinski definition) is 2. The van der Waals surface area contributed by atoms with Crippen LogP contribution in [-0.2, 0) is 0 Å². The van der Waals surface area contributed by atoms with Gasteiger partial charge in [-0.3, -0.25) is 5.32 Å². The molecular formula is C4H9F3N2. The summed E-state index contributed by atoms with van der Waals surface area (Å²) in [7, 11) is 0. The Hall–Kier alpha value is -0.290. The minimum Gasteiger partial charge on any atom is -0.318 e. The van der Waals surface area contributed by atoms with Crippen LogP contribution in [0.2, 0.25) is 0 Å². The molecule has 0 amide bonds. The fourth-order valence-corrected chi connectivity index (χ4v) is 0.293. The van der Waals surface area contributed by atoms with Gasteiger partial charge in [0, 0.05) is 6.67 Å². The molecule has 1 atom stereocenters. The molecule has 2 nitrogen and oxygen atoms in total. The lowest BCUT2D eigenvalue weighted by Crippen LogP contribution is -2.42. The lowest BCUT2D eigenvalue weighted by molar-refractivity contribution is -0.151. The highest BCUT2D eigenvalue weighted by molar-refractivity contribution is 4.67. The zero-order valence-corrected chi connectivity index (χ0v) is 5.00. The van der Waals surface area contributed by atoms with Crippen molar-refractivity contribution >= 4 is 0 Å². The van der Waals surface area contributed by atoms with Crippen LogP contribution < -0.4 is 11.1 Å². The highest BCUT2D eigenvalue weighted by Crippen LogP contribution is 2.18. The van der Waals surface area contributed by atoms with E-state index in [4.69, 9.17) is 5.73 Å². The molecule has 0 aliphatic carbocycles. The molecule has 9 heavy (non-hydrogen) atoms. The fraction of sp³-hybridized carbons (Fsp3) is 1.00. The lowest BCUT2D eigenvalue weighted by atomic mass is 10.3. The largest absolute Gasteiger partial charge is 0.403 e. The highest BCUT2D eigenvalue weighted by Gasteiger charge is 2.34. The van der Waals surface area contributed by atoms with Gasteiger partial charge in [-0.2, -0.15) is 13.2 Å². The average Bonchev–Trinajstić information content (AvgIpc) is 1.64. The van der Waals surface area contributed by atoms with E-state index in [1.54, 1.807) is 0 Å². The summed E-state index contributed by atoms with van der Waals surface area (Å²) in [4.78, 5) is 0. The number of alkyl halides is 3. The maximum Gasteiger partial charge on any atom is 0.403 e. The van der Waals surface area contributed by atoms with Gasteiger partial charge in [0.25, 0.3) is 0 Å². The molecule has 0 aromatic carbocycles. The molecule has 0 aromatic heterocycles. The summed E-state index contributed by atoms with van der Waals surface area (Å²) < 4.78 is 34.6. The van der Waals surface area contributed by atoms with Gasteiger partial charge in [0.2, 0.25) is 0 Å². The van der Waals surface area contributed by atoms with Crippen LogP contribution in [0.15, 0.2) is 0 Å². The number of rotatable bonds is 2. The molecule has 0 rings (SSSR count). The van der Waals surface area contributed by atoms with Crippen LogP contribution in [0, 0.1) is 0 Å². The highest BCUT2D eigenvalue weighted by atomic mass is 19.4. The molecule has 5 heteroatoms. The third-order valence-corrected chi connectivity index (χ3v) is 0.915. The van der Waals surface area contributed by atoms with Crippen LogP contribution in [-0.4, -0.2) is 18.9 Å². The zero-order chi connectivity index (χ0) is 7.49. The fourth-order valence-electron chi connectivity index (χ4n) is 0.293. The Kier molecular flexibility index (Phi) is 2.93. The lowest BCUT2D eigenvalue weighted by Gasteiger charge is -2.15. The molecule has 0 aliphatic heterocycles. The number of hydrogen-bond acceptors (Lipinski definition) is 2.